The van der Waals surface area contributed by atoms with Crippen LogP contribution in [-0.4, -0.2) is 30.0 Å². The van der Waals surface area contributed by atoms with Crippen molar-refractivity contribution >= 4 is 11.3 Å². The molecule has 0 spiro atoms. The van der Waals surface area contributed by atoms with E-state index in [1.807, 2.05) is 6.92 Å². The summed E-state index contributed by atoms with van der Waals surface area (Å²) in [7, 11) is 2.11. The van der Waals surface area contributed by atoms with Gasteiger partial charge in [0.25, 0.3) is 0 Å². The smallest absolute Gasteiger partial charge is 0.0897 e. The van der Waals surface area contributed by atoms with E-state index < -0.39 is 0 Å². The van der Waals surface area contributed by atoms with Crippen LogP contribution in [-0.2, 0) is 6.54 Å². The Morgan fingerprint density at radius 2 is 2.36 bits per heavy atom. The van der Waals surface area contributed by atoms with Gasteiger partial charge in [0.1, 0.15) is 0 Å². The van der Waals surface area contributed by atoms with E-state index in [0.29, 0.717) is 5.92 Å². The van der Waals surface area contributed by atoms with E-state index >= 15 is 0 Å². The average Bonchev–Trinajstić information content (AvgIpc) is 2.50. The lowest BCUT2D eigenvalue weighted by molar-refractivity contribution is 0.279. The van der Waals surface area contributed by atoms with Crippen LogP contribution in [0.1, 0.15) is 17.6 Å². The molecule has 3 nitrogen and oxygen atoms in total. The molecule has 0 aliphatic rings. The summed E-state index contributed by atoms with van der Waals surface area (Å²) in [5.41, 5.74) is 6.74. The molecule has 0 fully saturated rings. The van der Waals surface area contributed by atoms with E-state index in [1.165, 1.54) is 5.69 Å². The molecule has 2 N–H and O–H groups in total. The minimum absolute atomic E-state index is 0.555. The molecule has 0 aromatic carbocycles. The van der Waals surface area contributed by atoms with Crippen LogP contribution in [0.2, 0.25) is 0 Å². The van der Waals surface area contributed by atoms with Gasteiger partial charge in [-0.2, -0.15) is 0 Å². The van der Waals surface area contributed by atoms with E-state index in [2.05, 4.69) is 29.2 Å². The molecule has 14 heavy (non-hydrogen) atoms. The number of aromatic nitrogens is 1. The fraction of sp³-hybridized carbons (Fsp3) is 0.700. The van der Waals surface area contributed by atoms with E-state index in [0.717, 1.165) is 24.6 Å². The Morgan fingerprint density at radius 3 is 2.86 bits per heavy atom. The van der Waals surface area contributed by atoms with Crippen LogP contribution in [0.15, 0.2) is 5.38 Å². The number of hydrogen-bond acceptors (Lipinski definition) is 4. The Kier molecular flexibility index (Phi) is 4.51. The summed E-state index contributed by atoms with van der Waals surface area (Å²) in [5.74, 6) is 0.555. The third-order valence-corrected chi connectivity index (χ3v) is 2.95. The van der Waals surface area contributed by atoms with E-state index in [4.69, 9.17) is 5.73 Å². The molecule has 0 saturated carbocycles. The Labute approximate surface area is 89.9 Å². The standard InChI is InChI=1S/C10H19N3S/c1-8(4-11)5-13(3)6-10-7-14-9(2)12-10/h7-8H,4-6,11H2,1-3H3. The number of nitrogens with two attached hydrogens (primary N) is 1. The normalized spacial score (nSPS) is 13.5. The molecular formula is C10H19N3S. The molecule has 1 aromatic rings. The van der Waals surface area contributed by atoms with Crippen molar-refractivity contribution in [2.24, 2.45) is 11.7 Å². The summed E-state index contributed by atoms with van der Waals surface area (Å²) < 4.78 is 0. The van der Waals surface area contributed by atoms with Crippen LogP contribution >= 0.6 is 11.3 Å². The van der Waals surface area contributed by atoms with Crippen molar-refractivity contribution in [3.05, 3.63) is 16.1 Å². The molecule has 0 saturated heterocycles. The van der Waals surface area contributed by atoms with Crippen molar-refractivity contribution in [2.45, 2.75) is 20.4 Å². The van der Waals surface area contributed by atoms with E-state index in [9.17, 15) is 0 Å². The first-order chi connectivity index (χ1) is 6.61. The van der Waals surface area contributed by atoms with Crippen molar-refractivity contribution < 1.29 is 0 Å². The maximum absolute atomic E-state index is 5.58. The second kappa shape index (κ2) is 5.44. The van der Waals surface area contributed by atoms with Crippen molar-refractivity contribution in [2.75, 3.05) is 20.1 Å². The van der Waals surface area contributed by atoms with E-state index in [-0.39, 0.29) is 0 Å². The maximum Gasteiger partial charge on any atom is 0.0897 e. The zero-order valence-corrected chi connectivity index (χ0v) is 9.97. The van der Waals surface area contributed by atoms with Crippen LogP contribution in [0.3, 0.4) is 0 Å². The molecule has 0 bridgehead atoms. The minimum atomic E-state index is 0.555. The van der Waals surface area contributed by atoms with Gasteiger partial charge in [0.05, 0.1) is 10.7 Å². The van der Waals surface area contributed by atoms with Gasteiger partial charge in [0.2, 0.25) is 0 Å². The summed E-state index contributed by atoms with van der Waals surface area (Å²) >= 11 is 1.71. The number of nitrogens with zero attached hydrogens (tertiary/aromatic N) is 2. The van der Waals surface area contributed by atoms with Gasteiger partial charge in [-0.25, -0.2) is 4.98 Å². The Hall–Kier alpha value is -0.450. The molecular weight excluding hydrogens is 194 g/mol. The highest BCUT2D eigenvalue weighted by Crippen LogP contribution is 2.10. The fourth-order valence-corrected chi connectivity index (χ4v) is 2.03. The summed E-state index contributed by atoms with van der Waals surface area (Å²) in [6, 6.07) is 0. The minimum Gasteiger partial charge on any atom is -0.330 e. The third kappa shape index (κ3) is 3.74. The summed E-state index contributed by atoms with van der Waals surface area (Å²) in [5, 5.41) is 3.26. The highest BCUT2D eigenvalue weighted by Gasteiger charge is 2.06. The topological polar surface area (TPSA) is 42.2 Å². The lowest BCUT2D eigenvalue weighted by Gasteiger charge is -2.18. The van der Waals surface area contributed by atoms with E-state index in [1.54, 1.807) is 11.3 Å². The first-order valence-electron chi connectivity index (χ1n) is 4.91. The van der Waals surface area contributed by atoms with Gasteiger partial charge in [0, 0.05) is 18.5 Å². The van der Waals surface area contributed by atoms with Crippen molar-refractivity contribution in [1.82, 2.24) is 9.88 Å². The Balaban J connectivity index is 2.37. The fourth-order valence-electron chi connectivity index (χ4n) is 1.43. The van der Waals surface area contributed by atoms with Crippen LogP contribution in [0, 0.1) is 12.8 Å². The number of aryl methyl sites for hydroxylation is 1. The van der Waals surface area contributed by atoms with Gasteiger partial charge in [-0.15, -0.1) is 11.3 Å². The Bertz CT molecular complexity index is 272. The largest absolute Gasteiger partial charge is 0.330 e. The first kappa shape index (κ1) is 11.6. The van der Waals surface area contributed by atoms with Crippen molar-refractivity contribution in [1.29, 1.82) is 0 Å². The molecule has 1 atom stereocenters. The molecule has 1 unspecified atom stereocenters. The van der Waals surface area contributed by atoms with Crippen LogP contribution in [0.4, 0.5) is 0 Å². The van der Waals surface area contributed by atoms with Crippen LogP contribution in [0.5, 0.6) is 0 Å². The van der Waals surface area contributed by atoms with Gasteiger partial charge < -0.3 is 10.6 Å². The number of thiazole rings is 1. The molecule has 0 amide bonds. The summed E-state index contributed by atoms with van der Waals surface area (Å²) in [6.45, 7) is 6.92. The predicted molar refractivity (Wildman–Crippen MR) is 61.4 cm³/mol. The molecule has 0 radical (unpaired) electrons. The number of hydrogen-bond donors (Lipinski definition) is 1. The zero-order valence-electron chi connectivity index (χ0n) is 9.16. The monoisotopic (exact) mass is 213 g/mol. The van der Waals surface area contributed by atoms with Crippen molar-refractivity contribution in [3.63, 3.8) is 0 Å². The average molecular weight is 213 g/mol. The van der Waals surface area contributed by atoms with Crippen LogP contribution in [0.25, 0.3) is 0 Å². The molecule has 1 heterocycles. The molecule has 1 rings (SSSR count). The van der Waals surface area contributed by atoms with Crippen LogP contribution < -0.4 is 5.73 Å². The zero-order chi connectivity index (χ0) is 10.6. The summed E-state index contributed by atoms with van der Waals surface area (Å²) in [4.78, 5) is 6.70. The number of rotatable bonds is 5. The van der Waals surface area contributed by atoms with Gasteiger partial charge in [-0.3, -0.25) is 0 Å². The van der Waals surface area contributed by atoms with Gasteiger partial charge in [-0.1, -0.05) is 6.92 Å². The maximum atomic E-state index is 5.58. The lowest BCUT2D eigenvalue weighted by atomic mass is 10.2. The molecule has 0 aliphatic carbocycles. The highest BCUT2D eigenvalue weighted by molar-refractivity contribution is 7.09. The van der Waals surface area contributed by atoms with Crippen molar-refractivity contribution in [3.8, 4) is 0 Å². The predicted octanol–water partition coefficient (Wildman–Crippen LogP) is 1.48. The molecule has 1 aromatic heterocycles. The van der Waals surface area contributed by atoms with Gasteiger partial charge in [0.15, 0.2) is 0 Å². The Morgan fingerprint density at radius 1 is 1.64 bits per heavy atom. The molecule has 80 valence electrons. The quantitative estimate of drug-likeness (QED) is 0.805. The molecule has 4 heteroatoms. The molecule has 0 aliphatic heterocycles. The van der Waals surface area contributed by atoms with Gasteiger partial charge in [-0.05, 0) is 26.4 Å². The summed E-state index contributed by atoms with van der Waals surface area (Å²) in [6.07, 6.45) is 0. The second-order valence-electron chi connectivity index (χ2n) is 3.90. The van der Waals surface area contributed by atoms with Gasteiger partial charge >= 0.3 is 0 Å². The highest BCUT2D eigenvalue weighted by atomic mass is 32.1. The second-order valence-corrected chi connectivity index (χ2v) is 4.96. The lowest BCUT2D eigenvalue weighted by Crippen LogP contribution is -2.28. The SMILES string of the molecule is Cc1nc(CN(C)CC(C)CN)cs1. The first-order valence-corrected chi connectivity index (χ1v) is 5.79. The third-order valence-electron chi connectivity index (χ3n) is 2.12.